The molecular formula is C16H17IN2S. The molecule has 0 radical (unpaired) electrons. The first-order valence-corrected chi connectivity index (χ1v) is 7.21. The molecule has 1 aromatic heterocycles. The van der Waals surface area contributed by atoms with Gasteiger partial charge in [-0.3, -0.25) is 0 Å². The van der Waals surface area contributed by atoms with Crippen molar-refractivity contribution in [2.45, 2.75) is 6.92 Å². The highest BCUT2D eigenvalue weighted by atomic mass is 127. The molecule has 1 aromatic carbocycles. The van der Waals surface area contributed by atoms with Crippen molar-refractivity contribution < 1.29 is 28.5 Å². The topological polar surface area (TPSA) is 7.12 Å². The molecule has 3 rings (SSSR count). The lowest BCUT2D eigenvalue weighted by Crippen LogP contribution is -3.00. The Morgan fingerprint density at radius 3 is 2.70 bits per heavy atom. The molecule has 2 aromatic rings. The molecule has 0 amide bonds. The van der Waals surface area contributed by atoms with Crippen molar-refractivity contribution >= 4 is 28.7 Å². The van der Waals surface area contributed by atoms with E-state index >= 15 is 0 Å². The van der Waals surface area contributed by atoms with E-state index in [9.17, 15) is 0 Å². The van der Waals surface area contributed by atoms with Crippen LogP contribution in [0.1, 0.15) is 16.3 Å². The number of aryl methyl sites for hydroxylation is 1. The van der Waals surface area contributed by atoms with E-state index in [2.05, 4.69) is 78.5 Å². The Bertz CT molecular complexity index is 686. The third-order valence-corrected chi connectivity index (χ3v) is 4.65. The van der Waals surface area contributed by atoms with Crippen molar-refractivity contribution in [1.82, 2.24) is 0 Å². The highest BCUT2D eigenvalue weighted by molar-refractivity contribution is 7.10. The predicted molar refractivity (Wildman–Crippen MR) is 82.1 cm³/mol. The highest BCUT2D eigenvalue weighted by Crippen LogP contribution is 2.32. The van der Waals surface area contributed by atoms with Crippen molar-refractivity contribution in [3.63, 3.8) is 0 Å². The lowest BCUT2D eigenvalue weighted by atomic mass is 10.00. The van der Waals surface area contributed by atoms with Gasteiger partial charge in [0.15, 0.2) is 5.69 Å². The Morgan fingerprint density at radius 1 is 1.25 bits per heavy atom. The number of para-hydroxylation sites is 1. The number of benzene rings is 1. The Balaban J connectivity index is 0.00000147. The SMILES string of the molecule is Cc1csc(C=C2C=CN(C)c3ccccc32)[n+]1C.[I-]. The quantitative estimate of drug-likeness (QED) is 0.500. The van der Waals surface area contributed by atoms with Crippen LogP contribution in [-0.4, -0.2) is 7.05 Å². The average Bonchev–Trinajstić information content (AvgIpc) is 2.74. The summed E-state index contributed by atoms with van der Waals surface area (Å²) in [6.45, 7) is 2.14. The minimum atomic E-state index is 0. The van der Waals surface area contributed by atoms with Crippen LogP contribution in [0.15, 0.2) is 41.9 Å². The molecule has 0 saturated heterocycles. The van der Waals surface area contributed by atoms with Crippen LogP contribution >= 0.6 is 11.3 Å². The van der Waals surface area contributed by atoms with Gasteiger partial charge in [-0.2, -0.15) is 4.57 Å². The third kappa shape index (κ3) is 2.67. The molecule has 0 unspecified atom stereocenters. The largest absolute Gasteiger partial charge is 1.00 e. The van der Waals surface area contributed by atoms with Gasteiger partial charge in [0.25, 0.3) is 5.01 Å². The molecule has 0 bridgehead atoms. The Morgan fingerprint density at radius 2 is 2.00 bits per heavy atom. The number of rotatable bonds is 1. The highest BCUT2D eigenvalue weighted by Gasteiger charge is 2.16. The molecule has 0 N–H and O–H groups in total. The standard InChI is InChI=1S/C16H17N2S.HI/c1-12-11-19-16(18(12)3)10-13-8-9-17(2)15-7-5-4-6-14(13)15;/h4-11H,1-3H3;1H/q+1;/p-1. The van der Waals surface area contributed by atoms with E-state index in [0.717, 1.165) is 0 Å². The van der Waals surface area contributed by atoms with Crippen molar-refractivity contribution in [3.8, 4) is 0 Å². The van der Waals surface area contributed by atoms with E-state index in [4.69, 9.17) is 0 Å². The summed E-state index contributed by atoms with van der Waals surface area (Å²) in [6, 6.07) is 8.52. The monoisotopic (exact) mass is 396 g/mol. The first-order chi connectivity index (χ1) is 9.16. The van der Waals surface area contributed by atoms with Crippen molar-refractivity contribution in [3.05, 3.63) is 58.2 Å². The average molecular weight is 396 g/mol. The summed E-state index contributed by atoms with van der Waals surface area (Å²) < 4.78 is 2.23. The van der Waals surface area contributed by atoms with E-state index in [1.165, 1.54) is 27.5 Å². The number of hydrogen-bond donors (Lipinski definition) is 0. The zero-order valence-electron chi connectivity index (χ0n) is 11.8. The number of halogens is 1. The zero-order chi connectivity index (χ0) is 13.4. The third-order valence-electron chi connectivity index (χ3n) is 3.56. The van der Waals surface area contributed by atoms with Crippen molar-refractivity contribution in [1.29, 1.82) is 0 Å². The van der Waals surface area contributed by atoms with Crippen LogP contribution in [-0.2, 0) is 7.05 Å². The van der Waals surface area contributed by atoms with Gasteiger partial charge in [-0.15, -0.1) is 0 Å². The molecule has 4 heteroatoms. The number of allylic oxidation sites excluding steroid dienone is 2. The van der Waals surface area contributed by atoms with Gasteiger partial charge in [-0.05, 0) is 17.7 Å². The van der Waals surface area contributed by atoms with Gasteiger partial charge in [0.2, 0.25) is 0 Å². The lowest BCUT2D eigenvalue weighted by molar-refractivity contribution is -0.674. The summed E-state index contributed by atoms with van der Waals surface area (Å²) >= 11 is 1.78. The molecule has 2 heterocycles. The fourth-order valence-corrected chi connectivity index (χ4v) is 3.20. The smallest absolute Gasteiger partial charge is 0.262 e. The van der Waals surface area contributed by atoms with Crippen molar-refractivity contribution in [2.75, 3.05) is 11.9 Å². The molecule has 0 saturated carbocycles. The van der Waals surface area contributed by atoms with E-state index in [-0.39, 0.29) is 24.0 Å². The van der Waals surface area contributed by atoms with Gasteiger partial charge in [0.1, 0.15) is 7.05 Å². The van der Waals surface area contributed by atoms with Gasteiger partial charge < -0.3 is 28.9 Å². The second-order valence-corrected chi connectivity index (χ2v) is 5.71. The fraction of sp³-hybridized carbons (Fsp3) is 0.188. The van der Waals surface area contributed by atoms with Gasteiger partial charge >= 0.3 is 0 Å². The minimum Gasteiger partial charge on any atom is -1.00 e. The normalized spacial score (nSPS) is 15.2. The summed E-state index contributed by atoms with van der Waals surface area (Å²) in [5.41, 5.74) is 5.11. The van der Waals surface area contributed by atoms with E-state index in [1.807, 2.05) is 0 Å². The number of anilines is 1. The molecule has 20 heavy (non-hydrogen) atoms. The number of fused-ring (bicyclic) bond motifs is 1. The molecule has 2 nitrogen and oxygen atoms in total. The van der Waals surface area contributed by atoms with Crippen LogP contribution in [0, 0.1) is 6.92 Å². The maximum atomic E-state index is 2.26. The van der Waals surface area contributed by atoms with Crippen LogP contribution in [0.2, 0.25) is 0 Å². The fourth-order valence-electron chi connectivity index (χ4n) is 2.25. The number of thiazole rings is 1. The summed E-state index contributed by atoms with van der Waals surface area (Å²) in [4.78, 5) is 2.16. The first kappa shape index (κ1) is 15.3. The van der Waals surface area contributed by atoms with Crippen LogP contribution in [0.5, 0.6) is 0 Å². The van der Waals surface area contributed by atoms with Gasteiger partial charge in [-0.1, -0.05) is 29.5 Å². The Hall–Kier alpha value is -1.14. The Labute approximate surface area is 141 Å². The second kappa shape index (κ2) is 6.10. The molecule has 1 aliphatic heterocycles. The molecule has 0 spiro atoms. The molecule has 0 fully saturated rings. The molecule has 0 aliphatic carbocycles. The van der Waals surface area contributed by atoms with Crippen LogP contribution in [0.3, 0.4) is 0 Å². The number of aromatic nitrogens is 1. The van der Waals surface area contributed by atoms with Crippen LogP contribution in [0.25, 0.3) is 11.6 Å². The van der Waals surface area contributed by atoms with Gasteiger partial charge in [-0.25, -0.2) is 0 Å². The maximum Gasteiger partial charge on any atom is 0.262 e. The van der Waals surface area contributed by atoms with E-state index < -0.39 is 0 Å². The Kier molecular flexibility index (Phi) is 4.65. The summed E-state index contributed by atoms with van der Waals surface area (Å²) in [7, 11) is 4.20. The van der Waals surface area contributed by atoms with Gasteiger partial charge in [0, 0.05) is 37.5 Å². The first-order valence-electron chi connectivity index (χ1n) is 6.33. The molecule has 0 atom stereocenters. The summed E-state index contributed by atoms with van der Waals surface area (Å²) in [6.07, 6.45) is 6.56. The number of hydrogen-bond acceptors (Lipinski definition) is 2. The van der Waals surface area contributed by atoms with Crippen molar-refractivity contribution in [2.24, 2.45) is 7.05 Å². The summed E-state index contributed by atoms with van der Waals surface area (Å²) in [5, 5.41) is 3.47. The number of nitrogens with zero attached hydrogens (tertiary/aromatic N) is 2. The molecule has 104 valence electrons. The van der Waals surface area contributed by atoms with Gasteiger partial charge in [0.05, 0.1) is 5.38 Å². The van der Waals surface area contributed by atoms with E-state index in [0.29, 0.717) is 0 Å². The van der Waals surface area contributed by atoms with E-state index in [1.54, 1.807) is 11.3 Å². The predicted octanol–water partition coefficient (Wildman–Crippen LogP) is 0.389. The zero-order valence-corrected chi connectivity index (χ0v) is 14.8. The maximum absolute atomic E-state index is 2.26. The molecule has 1 aliphatic rings. The van der Waals surface area contributed by atoms with Crippen LogP contribution in [0.4, 0.5) is 5.69 Å². The lowest BCUT2D eigenvalue weighted by Gasteiger charge is -2.23. The minimum absolute atomic E-state index is 0. The van der Waals surface area contributed by atoms with Crippen LogP contribution < -0.4 is 33.4 Å². The summed E-state index contributed by atoms with van der Waals surface area (Å²) in [5.74, 6) is 0. The molecular weight excluding hydrogens is 379 g/mol. The second-order valence-electron chi connectivity index (χ2n) is 4.82.